The molecule has 6 nitrogen and oxygen atoms in total. The average Bonchev–Trinajstić information content (AvgIpc) is 3.15. The summed E-state index contributed by atoms with van der Waals surface area (Å²) in [6.07, 6.45) is -0.317. The Balaban J connectivity index is 1.97. The molecule has 0 saturated carbocycles. The van der Waals surface area contributed by atoms with Crippen molar-refractivity contribution in [2.45, 2.75) is 26.0 Å². The minimum Gasteiger partial charge on any atom is -0.496 e. The Kier molecular flexibility index (Phi) is 5.41. The molecular formula is C22H20F2N4O2. The van der Waals surface area contributed by atoms with E-state index < -0.39 is 19.1 Å². The van der Waals surface area contributed by atoms with E-state index in [4.69, 9.17) is 4.74 Å². The van der Waals surface area contributed by atoms with E-state index in [0.717, 1.165) is 5.56 Å². The Hall–Kier alpha value is -3.39. The molecule has 1 atom stereocenters. The summed E-state index contributed by atoms with van der Waals surface area (Å²) in [6.45, 7) is 1.12. The first-order valence-corrected chi connectivity index (χ1v) is 9.40. The lowest BCUT2D eigenvalue weighted by atomic mass is 10.00. The summed E-state index contributed by atoms with van der Waals surface area (Å²) in [7, 11) is 1.52. The molecule has 0 bridgehead atoms. The highest BCUT2D eigenvalue weighted by Crippen LogP contribution is 2.37. The average molecular weight is 410 g/mol. The van der Waals surface area contributed by atoms with E-state index in [1.54, 1.807) is 25.3 Å². The summed E-state index contributed by atoms with van der Waals surface area (Å²) in [6, 6.07) is 12.8. The Bertz CT molecular complexity index is 1180. The van der Waals surface area contributed by atoms with Crippen molar-refractivity contribution in [1.29, 1.82) is 0 Å². The van der Waals surface area contributed by atoms with Gasteiger partial charge in [0.2, 0.25) is 0 Å². The van der Waals surface area contributed by atoms with E-state index in [-0.39, 0.29) is 0 Å². The van der Waals surface area contributed by atoms with E-state index in [9.17, 15) is 13.9 Å². The third-order valence-electron chi connectivity index (χ3n) is 4.83. The summed E-state index contributed by atoms with van der Waals surface area (Å²) < 4.78 is 32.6. The number of aromatic nitrogens is 4. The molecular weight excluding hydrogens is 390 g/mol. The van der Waals surface area contributed by atoms with Gasteiger partial charge in [0.1, 0.15) is 24.3 Å². The minimum atomic E-state index is -2.53. The first kappa shape index (κ1) is 19.9. The van der Waals surface area contributed by atoms with E-state index in [1.165, 1.54) is 18.1 Å². The molecule has 0 amide bonds. The number of nitrogens with zero attached hydrogens (tertiary/aromatic N) is 4. The number of hydrogen-bond acceptors (Lipinski definition) is 5. The summed E-state index contributed by atoms with van der Waals surface area (Å²) >= 11 is 0. The quantitative estimate of drug-likeness (QED) is 0.507. The molecule has 4 rings (SSSR count). The number of fused-ring (bicyclic) bond motifs is 1. The molecule has 0 spiro atoms. The van der Waals surface area contributed by atoms with Gasteiger partial charge in [0.25, 0.3) is 6.43 Å². The molecule has 30 heavy (non-hydrogen) atoms. The van der Waals surface area contributed by atoms with Crippen LogP contribution in [0.25, 0.3) is 33.4 Å². The Morgan fingerprint density at radius 3 is 2.53 bits per heavy atom. The Morgan fingerprint density at radius 1 is 1.10 bits per heavy atom. The van der Waals surface area contributed by atoms with Crippen LogP contribution in [0.5, 0.6) is 5.75 Å². The smallest absolute Gasteiger partial charge is 0.257 e. The standard InChI is InChI=1S/C22H20F2N4O2/c1-13(29)15-8-16-18(9-19(15)30-2)25-12-26-22(16)17-10-28(11-20(23)24)27-21(17)14-6-4-3-5-7-14/h3-10,12-13,20,29H,11H2,1-2H3. The SMILES string of the molecule is COc1cc2ncnc(-c3cn(CC(F)F)nc3-c3ccccc3)c2cc1C(C)O. The molecule has 2 aromatic heterocycles. The molecule has 1 unspecified atom stereocenters. The van der Waals surface area contributed by atoms with Crippen molar-refractivity contribution >= 4 is 10.9 Å². The topological polar surface area (TPSA) is 73.1 Å². The molecule has 4 aromatic rings. The fourth-order valence-corrected chi connectivity index (χ4v) is 3.46. The van der Waals surface area contributed by atoms with Crippen LogP contribution in [0.3, 0.4) is 0 Å². The monoisotopic (exact) mass is 410 g/mol. The van der Waals surface area contributed by atoms with Crippen LogP contribution in [0, 0.1) is 0 Å². The molecule has 1 N–H and O–H groups in total. The van der Waals surface area contributed by atoms with Gasteiger partial charge in [0, 0.05) is 34.3 Å². The van der Waals surface area contributed by atoms with Gasteiger partial charge >= 0.3 is 0 Å². The summed E-state index contributed by atoms with van der Waals surface area (Å²) in [5.41, 5.74) is 3.69. The number of benzene rings is 2. The number of halogens is 2. The zero-order valence-electron chi connectivity index (χ0n) is 16.5. The van der Waals surface area contributed by atoms with Crippen LogP contribution in [0.4, 0.5) is 8.78 Å². The minimum absolute atomic E-state index is 0.513. The van der Waals surface area contributed by atoms with Crippen LogP contribution in [0.1, 0.15) is 18.6 Å². The number of aliphatic hydroxyl groups excluding tert-OH is 1. The summed E-state index contributed by atoms with van der Waals surface area (Å²) in [4.78, 5) is 8.75. The van der Waals surface area contributed by atoms with Crippen LogP contribution in [0.15, 0.2) is 55.0 Å². The lowest BCUT2D eigenvalue weighted by Crippen LogP contribution is -2.06. The van der Waals surface area contributed by atoms with E-state index >= 15 is 0 Å². The van der Waals surface area contributed by atoms with E-state index in [2.05, 4.69) is 15.1 Å². The number of rotatable bonds is 6. The van der Waals surface area contributed by atoms with Gasteiger partial charge in [0.05, 0.1) is 24.4 Å². The maximum Gasteiger partial charge on any atom is 0.257 e. The molecule has 8 heteroatoms. The fourth-order valence-electron chi connectivity index (χ4n) is 3.46. The van der Waals surface area contributed by atoms with Crippen LogP contribution in [0.2, 0.25) is 0 Å². The summed E-state index contributed by atoms with van der Waals surface area (Å²) in [5.74, 6) is 0.513. The van der Waals surface area contributed by atoms with Crippen LogP contribution in [-0.2, 0) is 6.54 Å². The number of hydrogen-bond donors (Lipinski definition) is 1. The van der Waals surface area contributed by atoms with Gasteiger partial charge in [-0.1, -0.05) is 30.3 Å². The zero-order valence-corrected chi connectivity index (χ0v) is 16.5. The predicted molar refractivity (Wildman–Crippen MR) is 109 cm³/mol. The highest BCUT2D eigenvalue weighted by Gasteiger charge is 2.20. The van der Waals surface area contributed by atoms with Crippen LogP contribution in [-0.4, -0.2) is 38.4 Å². The van der Waals surface area contributed by atoms with Gasteiger partial charge < -0.3 is 9.84 Å². The molecule has 0 saturated heterocycles. The third-order valence-corrected chi connectivity index (χ3v) is 4.83. The number of alkyl halides is 2. The molecule has 0 aliphatic heterocycles. The van der Waals surface area contributed by atoms with Crippen LogP contribution < -0.4 is 4.74 Å². The largest absolute Gasteiger partial charge is 0.496 e. The molecule has 0 aliphatic carbocycles. The van der Waals surface area contributed by atoms with Crippen molar-refractivity contribution in [1.82, 2.24) is 19.7 Å². The van der Waals surface area contributed by atoms with Crippen LogP contribution >= 0.6 is 0 Å². The lowest BCUT2D eigenvalue weighted by Gasteiger charge is -2.13. The normalized spacial score (nSPS) is 12.5. The van der Waals surface area contributed by atoms with Crippen molar-refractivity contribution in [3.05, 3.63) is 60.6 Å². The Labute approximate surface area is 171 Å². The molecule has 0 radical (unpaired) electrons. The second-order valence-corrected chi connectivity index (χ2v) is 6.88. The molecule has 2 heterocycles. The third kappa shape index (κ3) is 3.73. The second kappa shape index (κ2) is 8.16. The van der Waals surface area contributed by atoms with Crippen molar-refractivity contribution in [3.63, 3.8) is 0 Å². The molecule has 0 fully saturated rings. The van der Waals surface area contributed by atoms with Crippen molar-refractivity contribution in [2.75, 3.05) is 7.11 Å². The first-order chi connectivity index (χ1) is 14.5. The van der Waals surface area contributed by atoms with Gasteiger partial charge in [-0.3, -0.25) is 4.68 Å². The molecule has 2 aromatic carbocycles. The van der Waals surface area contributed by atoms with Gasteiger partial charge in [-0.2, -0.15) is 5.10 Å². The van der Waals surface area contributed by atoms with Gasteiger partial charge in [-0.25, -0.2) is 18.7 Å². The van der Waals surface area contributed by atoms with Gasteiger partial charge in [-0.05, 0) is 13.0 Å². The number of ether oxygens (including phenoxy) is 1. The van der Waals surface area contributed by atoms with E-state index in [1.807, 2.05) is 30.3 Å². The lowest BCUT2D eigenvalue weighted by molar-refractivity contribution is 0.122. The highest BCUT2D eigenvalue weighted by molar-refractivity contribution is 5.96. The highest BCUT2D eigenvalue weighted by atomic mass is 19.3. The van der Waals surface area contributed by atoms with Crippen molar-refractivity contribution in [2.24, 2.45) is 0 Å². The van der Waals surface area contributed by atoms with Crippen molar-refractivity contribution in [3.8, 4) is 28.3 Å². The van der Waals surface area contributed by atoms with E-state index in [0.29, 0.717) is 39.2 Å². The van der Waals surface area contributed by atoms with Gasteiger partial charge in [0.15, 0.2) is 0 Å². The molecule has 154 valence electrons. The molecule has 0 aliphatic rings. The van der Waals surface area contributed by atoms with Crippen molar-refractivity contribution < 1.29 is 18.6 Å². The second-order valence-electron chi connectivity index (χ2n) is 6.88. The summed E-state index contributed by atoms with van der Waals surface area (Å²) in [5, 5.41) is 15.2. The maximum absolute atomic E-state index is 13.0. The fraction of sp³-hybridized carbons (Fsp3) is 0.227. The Morgan fingerprint density at radius 2 is 1.87 bits per heavy atom. The zero-order chi connectivity index (χ0) is 21.3. The predicted octanol–water partition coefficient (Wildman–Crippen LogP) is 4.49. The number of aliphatic hydroxyl groups is 1. The first-order valence-electron chi connectivity index (χ1n) is 9.40. The van der Waals surface area contributed by atoms with Gasteiger partial charge in [-0.15, -0.1) is 0 Å². The number of methoxy groups -OCH3 is 1. The maximum atomic E-state index is 13.0.